The minimum atomic E-state index is -0.761. The molecule has 0 saturated heterocycles. The Balaban J connectivity index is 3.35. The maximum absolute atomic E-state index is 12.1. The van der Waals surface area contributed by atoms with Crippen molar-refractivity contribution in [3.05, 3.63) is 12.2 Å². The Labute approximate surface area is 299 Å². The molecule has 0 aliphatic heterocycles. The minimum Gasteiger partial charge on any atom is -0.462 e. The maximum Gasteiger partial charge on any atom is 0.306 e. The van der Waals surface area contributed by atoms with Gasteiger partial charge in [-0.25, -0.2) is 0 Å². The molecule has 0 saturated carbocycles. The van der Waals surface area contributed by atoms with Crippen LogP contribution in [0.25, 0.3) is 0 Å². The van der Waals surface area contributed by atoms with Crippen LogP contribution < -0.4 is 0 Å². The normalized spacial score (nSPS) is 12.1. The number of carbonyl (C=O) groups excluding carboxylic acids is 2. The van der Waals surface area contributed by atoms with E-state index in [1.54, 1.807) is 0 Å². The van der Waals surface area contributed by atoms with Crippen molar-refractivity contribution >= 4 is 11.9 Å². The first kappa shape index (κ1) is 46.6. The third-order valence-corrected chi connectivity index (χ3v) is 9.56. The van der Waals surface area contributed by atoms with Gasteiger partial charge in [-0.3, -0.25) is 9.59 Å². The van der Waals surface area contributed by atoms with Gasteiger partial charge < -0.3 is 14.6 Å². The number of aliphatic hydroxyl groups excluding tert-OH is 1. The standard InChI is InChI=1S/C43H82O5/c1-3-5-7-9-10-11-12-13-14-15-16-17-18-19-20-21-22-23-24-25-26-27-28-29-30-31-32-34-36-38-43(46)48-41(39-44)40-47-42(45)37-35-33-8-6-4-2/h15-16,41,44H,3-14,17-40H2,1-2H3/b16-15-. The molecular weight excluding hydrogens is 596 g/mol. The van der Waals surface area contributed by atoms with E-state index in [0.717, 1.165) is 38.5 Å². The second-order valence-corrected chi connectivity index (χ2v) is 14.4. The van der Waals surface area contributed by atoms with E-state index in [9.17, 15) is 14.7 Å². The summed E-state index contributed by atoms with van der Waals surface area (Å²) in [6.07, 6.45) is 46.3. The molecular formula is C43H82O5. The smallest absolute Gasteiger partial charge is 0.306 e. The molecule has 0 heterocycles. The molecule has 0 amide bonds. The molecule has 0 aliphatic rings. The minimum absolute atomic E-state index is 0.0616. The van der Waals surface area contributed by atoms with Crippen LogP contribution in [0.5, 0.6) is 0 Å². The van der Waals surface area contributed by atoms with Crippen LogP contribution in [0.4, 0.5) is 0 Å². The predicted octanol–water partition coefficient (Wildman–Crippen LogP) is 13.3. The lowest BCUT2D eigenvalue weighted by molar-refractivity contribution is -0.161. The summed E-state index contributed by atoms with van der Waals surface area (Å²) in [5, 5.41) is 9.47. The Morgan fingerprint density at radius 2 is 0.771 bits per heavy atom. The third kappa shape index (κ3) is 37.5. The van der Waals surface area contributed by atoms with Gasteiger partial charge in [-0.15, -0.1) is 0 Å². The van der Waals surface area contributed by atoms with Crippen molar-refractivity contribution in [2.24, 2.45) is 0 Å². The van der Waals surface area contributed by atoms with E-state index in [4.69, 9.17) is 9.47 Å². The van der Waals surface area contributed by atoms with Crippen LogP contribution in [0, 0.1) is 0 Å². The number of aliphatic hydroxyl groups is 1. The molecule has 0 aromatic heterocycles. The van der Waals surface area contributed by atoms with Crippen molar-refractivity contribution in [1.29, 1.82) is 0 Å². The first-order valence-electron chi connectivity index (χ1n) is 21.2. The summed E-state index contributed by atoms with van der Waals surface area (Å²) in [5.74, 6) is -0.595. The number of carbonyl (C=O) groups is 2. The molecule has 0 aromatic carbocycles. The summed E-state index contributed by atoms with van der Waals surface area (Å²) in [4.78, 5) is 24.0. The van der Waals surface area contributed by atoms with Crippen LogP contribution in [0.2, 0.25) is 0 Å². The number of hydrogen-bond acceptors (Lipinski definition) is 5. The van der Waals surface area contributed by atoms with Crippen molar-refractivity contribution in [2.75, 3.05) is 13.2 Å². The zero-order chi connectivity index (χ0) is 35.0. The summed E-state index contributed by atoms with van der Waals surface area (Å²) in [7, 11) is 0. The molecule has 48 heavy (non-hydrogen) atoms. The lowest BCUT2D eigenvalue weighted by Crippen LogP contribution is -2.28. The summed E-state index contributed by atoms with van der Waals surface area (Å²) >= 11 is 0. The van der Waals surface area contributed by atoms with E-state index >= 15 is 0 Å². The van der Waals surface area contributed by atoms with Gasteiger partial charge in [0.2, 0.25) is 0 Å². The first-order valence-corrected chi connectivity index (χ1v) is 21.2. The van der Waals surface area contributed by atoms with Crippen molar-refractivity contribution in [1.82, 2.24) is 0 Å². The molecule has 0 aromatic rings. The van der Waals surface area contributed by atoms with E-state index < -0.39 is 6.10 Å². The van der Waals surface area contributed by atoms with Gasteiger partial charge in [0.15, 0.2) is 6.10 Å². The van der Waals surface area contributed by atoms with Gasteiger partial charge in [0.25, 0.3) is 0 Å². The van der Waals surface area contributed by atoms with Gasteiger partial charge in [-0.1, -0.05) is 193 Å². The van der Waals surface area contributed by atoms with Crippen molar-refractivity contribution in [3.8, 4) is 0 Å². The number of hydrogen-bond donors (Lipinski definition) is 1. The number of ether oxygens (including phenoxy) is 2. The Morgan fingerprint density at radius 3 is 1.12 bits per heavy atom. The Kier molecular flexibility index (Phi) is 38.9. The molecule has 0 rings (SSSR count). The molecule has 0 spiro atoms. The highest BCUT2D eigenvalue weighted by atomic mass is 16.6. The fraction of sp³-hybridized carbons (Fsp3) is 0.907. The van der Waals surface area contributed by atoms with Gasteiger partial charge in [0.1, 0.15) is 6.61 Å². The summed E-state index contributed by atoms with van der Waals surface area (Å²) in [5.41, 5.74) is 0. The van der Waals surface area contributed by atoms with Crippen LogP contribution in [0.15, 0.2) is 12.2 Å². The highest BCUT2D eigenvalue weighted by Gasteiger charge is 2.16. The average molecular weight is 679 g/mol. The summed E-state index contributed by atoms with van der Waals surface area (Å²) in [6.45, 7) is 4.06. The molecule has 0 fully saturated rings. The Morgan fingerprint density at radius 1 is 0.458 bits per heavy atom. The fourth-order valence-corrected chi connectivity index (χ4v) is 6.31. The monoisotopic (exact) mass is 679 g/mol. The van der Waals surface area contributed by atoms with Crippen LogP contribution in [0.3, 0.4) is 0 Å². The van der Waals surface area contributed by atoms with Gasteiger partial charge in [-0.2, -0.15) is 0 Å². The molecule has 5 nitrogen and oxygen atoms in total. The zero-order valence-corrected chi connectivity index (χ0v) is 32.3. The van der Waals surface area contributed by atoms with E-state index in [0.29, 0.717) is 12.8 Å². The van der Waals surface area contributed by atoms with Crippen LogP contribution in [0.1, 0.15) is 232 Å². The Hall–Kier alpha value is -1.36. The van der Waals surface area contributed by atoms with Gasteiger partial charge >= 0.3 is 11.9 Å². The van der Waals surface area contributed by atoms with E-state index in [1.165, 1.54) is 167 Å². The highest BCUT2D eigenvalue weighted by molar-refractivity contribution is 5.70. The lowest BCUT2D eigenvalue weighted by Gasteiger charge is -2.15. The zero-order valence-electron chi connectivity index (χ0n) is 32.3. The third-order valence-electron chi connectivity index (χ3n) is 9.56. The second-order valence-electron chi connectivity index (χ2n) is 14.4. The van der Waals surface area contributed by atoms with Gasteiger partial charge in [0, 0.05) is 12.8 Å². The summed E-state index contributed by atoms with van der Waals surface area (Å²) in [6, 6.07) is 0. The molecule has 5 heteroatoms. The van der Waals surface area contributed by atoms with Crippen LogP contribution >= 0.6 is 0 Å². The predicted molar refractivity (Wildman–Crippen MR) is 205 cm³/mol. The van der Waals surface area contributed by atoms with Crippen LogP contribution in [-0.4, -0.2) is 36.4 Å². The molecule has 284 valence electrons. The molecule has 1 N–H and O–H groups in total. The fourth-order valence-electron chi connectivity index (χ4n) is 6.31. The largest absolute Gasteiger partial charge is 0.462 e. The Bertz CT molecular complexity index is 691. The van der Waals surface area contributed by atoms with Crippen molar-refractivity contribution in [2.45, 2.75) is 238 Å². The van der Waals surface area contributed by atoms with Gasteiger partial charge in [-0.05, 0) is 38.5 Å². The molecule has 0 radical (unpaired) electrons. The number of unbranched alkanes of at least 4 members (excludes halogenated alkanes) is 29. The second kappa shape index (κ2) is 40.1. The van der Waals surface area contributed by atoms with Gasteiger partial charge in [0.05, 0.1) is 6.61 Å². The highest BCUT2D eigenvalue weighted by Crippen LogP contribution is 2.16. The molecule has 1 atom stereocenters. The molecule has 1 unspecified atom stereocenters. The average Bonchev–Trinajstić information content (AvgIpc) is 3.09. The summed E-state index contributed by atoms with van der Waals surface area (Å²) < 4.78 is 10.5. The SMILES string of the molecule is CCCCCCCCCC/C=C\CCCCCCCCCCCCCCCCCCCC(=O)OC(CO)COC(=O)CCCCCCC. The maximum atomic E-state index is 12.1. The number of allylic oxidation sites excluding steroid dienone is 2. The van der Waals surface area contributed by atoms with Crippen LogP contribution in [-0.2, 0) is 19.1 Å². The van der Waals surface area contributed by atoms with Crippen molar-refractivity contribution < 1.29 is 24.2 Å². The topological polar surface area (TPSA) is 72.8 Å². The number of rotatable bonds is 39. The molecule has 0 bridgehead atoms. The number of esters is 2. The quantitative estimate of drug-likeness (QED) is 0.0398. The molecule has 0 aliphatic carbocycles. The van der Waals surface area contributed by atoms with E-state index in [-0.39, 0.29) is 25.2 Å². The van der Waals surface area contributed by atoms with E-state index in [2.05, 4.69) is 26.0 Å². The first-order chi connectivity index (χ1) is 23.6. The van der Waals surface area contributed by atoms with Crippen molar-refractivity contribution in [3.63, 3.8) is 0 Å². The van der Waals surface area contributed by atoms with E-state index in [1.807, 2.05) is 0 Å². The lowest BCUT2D eigenvalue weighted by atomic mass is 10.0.